The minimum absolute atomic E-state index is 0.134. The normalized spacial score (nSPS) is 15.6. The van der Waals surface area contributed by atoms with Gasteiger partial charge in [0.2, 0.25) is 0 Å². The van der Waals surface area contributed by atoms with Gasteiger partial charge in [-0.3, -0.25) is 4.79 Å². The lowest BCUT2D eigenvalue weighted by atomic mass is 10.2. The molecule has 7 nitrogen and oxygen atoms in total. The van der Waals surface area contributed by atoms with Crippen molar-refractivity contribution in [3.63, 3.8) is 0 Å². The standard InChI is InChI=1S/C25H24N2O5S/c1-29-22-13-16(8-9-19(22)31-15-17-5-4-12-30-17)14-26-24(28)20-10-11-21(32-20)25-27-18-6-2-3-7-23(18)33-25/h2-3,6-11,13,17H,4-5,12,14-15H2,1H3,(H,26,28). The number of fused-ring (bicyclic) bond motifs is 1. The van der Waals surface area contributed by atoms with E-state index in [1.165, 1.54) is 11.3 Å². The highest BCUT2D eigenvalue weighted by atomic mass is 32.1. The summed E-state index contributed by atoms with van der Waals surface area (Å²) in [7, 11) is 1.60. The van der Waals surface area contributed by atoms with Crippen LogP contribution in [0.1, 0.15) is 29.0 Å². The highest BCUT2D eigenvalue weighted by molar-refractivity contribution is 7.21. The third-order valence-electron chi connectivity index (χ3n) is 5.46. The van der Waals surface area contributed by atoms with Gasteiger partial charge in [-0.25, -0.2) is 4.98 Å². The second-order valence-corrected chi connectivity index (χ2v) is 8.80. The lowest BCUT2D eigenvalue weighted by Crippen LogP contribution is -2.22. The highest BCUT2D eigenvalue weighted by Crippen LogP contribution is 2.31. The molecule has 0 radical (unpaired) electrons. The summed E-state index contributed by atoms with van der Waals surface area (Å²) in [6.45, 7) is 1.63. The number of hydrogen-bond acceptors (Lipinski definition) is 7. The van der Waals surface area contributed by atoms with Crippen LogP contribution in [0.5, 0.6) is 11.5 Å². The van der Waals surface area contributed by atoms with E-state index >= 15 is 0 Å². The number of methoxy groups -OCH3 is 1. The van der Waals surface area contributed by atoms with Gasteiger partial charge < -0.3 is 23.9 Å². The van der Waals surface area contributed by atoms with Gasteiger partial charge >= 0.3 is 0 Å². The van der Waals surface area contributed by atoms with Crippen LogP contribution in [0.15, 0.2) is 59.0 Å². The van der Waals surface area contributed by atoms with Crippen LogP contribution in [0.3, 0.4) is 0 Å². The van der Waals surface area contributed by atoms with Crippen molar-refractivity contribution < 1.29 is 23.4 Å². The van der Waals surface area contributed by atoms with Gasteiger partial charge in [0, 0.05) is 13.2 Å². The number of rotatable bonds is 8. The molecule has 0 aliphatic carbocycles. The zero-order valence-electron chi connectivity index (χ0n) is 18.2. The first-order valence-electron chi connectivity index (χ1n) is 10.8. The van der Waals surface area contributed by atoms with Crippen molar-refractivity contribution in [2.75, 3.05) is 20.3 Å². The molecule has 1 aliphatic heterocycles. The van der Waals surface area contributed by atoms with Crippen LogP contribution in [0.2, 0.25) is 0 Å². The number of hydrogen-bond donors (Lipinski definition) is 1. The zero-order chi connectivity index (χ0) is 22.6. The first-order valence-corrected chi connectivity index (χ1v) is 11.7. The van der Waals surface area contributed by atoms with Crippen LogP contribution in [0.4, 0.5) is 0 Å². The number of amides is 1. The molecule has 4 aromatic rings. The van der Waals surface area contributed by atoms with E-state index in [0.717, 1.165) is 40.2 Å². The molecular weight excluding hydrogens is 440 g/mol. The van der Waals surface area contributed by atoms with E-state index in [9.17, 15) is 4.79 Å². The largest absolute Gasteiger partial charge is 0.493 e. The van der Waals surface area contributed by atoms with Crippen LogP contribution in [-0.4, -0.2) is 37.3 Å². The summed E-state index contributed by atoms with van der Waals surface area (Å²) in [6, 6.07) is 17.0. The Labute approximate surface area is 195 Å². The van der Waals surface area contributed by atoms with Crippen LogP contribution in [0.25, 0.3) is 21.0 Å². The first kappa shape index (κ1) is 21.5. The first-order chi connectivity index (χ1) is 16.2. The SMILES string of the molecule is COc1cc(CNC(=O)c2ccc(-c3nc4ccccc4s3)o2)ccc1OCC1CCCO1. The summed E-state index contributed by atoms with van der Waals surface area (Å²) >= 11 is 1.53. The van der Waals surface area contributed by atoms with E-state index in [4.69, 9.17) is 18.6 Å². The van der Waals surface area contributed by atoms with Crippen molar-refractivity contribution in [1.29, 1.82) is 0 Å². The van der Waals surface area contributed by atoms with E-state index in [2.05, 4.69) is 10.3 Å². The summed E-state index contributed by atoms with van der Waals surface area (Å²) < 4.78 is 23.8. The number of thiazole rings is 1. The lowest BCUT2D eigenvalue weighted by molar-refractivity contribution is 0.0669. The highest BCUT2D eigenvalue weighted by Gasteiger charge is 2.18. The van der Waals surface area contributed by atoms with Gasteiger partial charge in [-0.2, -0.15) is 0 Å². The number of nitrogens with zero attached hydrogens (tertiary/aromatic N) is 1. The van der Waals surface area contributed by atoms with E-state index in [1.807, 2.05) is 42.5 Å². The second-order valence-electron chi connectivity index (χ2n) is 7.76. The molecule has 1 aliphatic rings. The molecule has 1 amide bonds. The molecule has 3 heterocycles. The average Bonchev–Trinajstić information content (AvgIpc) is 3.61. The van der Waals surface area contributed by atoms with E-state index in [1.54, 1.807) is 19.2 Å². The molecule has 0 spiro atoms. The molecule has 1 N–H and O–H groups in total. The summed E-state index contributed by atoms with van der Waals surface area (Å²) in [5.41, 5.74) is 1.81. The Morgan fingerprint density at radius 3 is 2.91 bits per heavy atom. The molecule has 1 saturated heterocycles. The zero-order valence-corrected chi connectivity index (χ0v) is 19.0. The van der Waals surface area contributed by atoms with Gasteiger partial charge in [-0.1, -0.05) is 18.2 Å². The Bertz CT molecular complexity index is 1230. The van der Waals surface area contributed by atoms with Crippen molar-refractivity contribution in [1.82, 2.24) is 10.3 Å². The number of para-hydroxylation sites is 1. The van der Waals surface area contributed by atoms with Gasteiger partial charge in [0.05, 0.1) is 23.4 Å². The molecular formula is C25H24N2O5S. The Hall–Kier alpha value is -3.36. The van der Waals surface area contributed by atoms with Crippen molar-refractivity contribution in [2.24, 2.45) is 0 Å². The van der Waals surface area contributed by atoms with Crippen LogP contribution < -0.4 is 14.8 Å². The van der Waals surface area contributed by atoms with E-state index in [0.29, 0.717) is 30.4 Å². The van der Waals surface area contributed by atoms with Gasteiger partial charge in [-0.15, -0.1) is 11.3 Å². The van der Waals surface area contributed by atoms with Gasteiger partial charge in [-0.05, 0) is 54.8 Å². The van der Waals surface area contributed by atoms with Crippen LogP contribution >= 0.6 is 11.3 Å². The fourth-order valence-electron chi connectivity index (χ4n) is 3.72. The quantitative estimate of drug-likeness (QED) is 0.393. The smallest absolute Gasteiger partial charge is 0.287 e. The third kappa shape index (κ3) is 4.86. The molecule has 170 valence electrons. The summed E-state index contributed by atoms with van der Waals surface area (Å²) in [6.07, 6.45) is 2.22. The molecule has 2 aromatic carbocycles. The fourth-order valence-corrected chi connectivity index (χ4v) is 4.65. The van der Waals surface area contributed by atoms with Crippen molar-refractivity contribution in [3.05, 3.63) is 65.9 Å². The van der Waals surface area contributed by atoms with Gasteiger partial charge in [0.1, 0.15) is 6.61 Å². The number of carbonyl (C=O) groups excluding carboxylic acids is 1. The molecule has 33 heavy (non-hydrogen) atoms. The number of carbonyl (C=O) groups is 1. The summed E-state index contributed by atoms with van der Waals surface area (Å²) in [5.74, 6) is 1.81. The van der Waals surface area contributed by atoms with Crippen LogP contribution in [0, 0.1) is 0 Å². The minimum atomic E-state index is -0.292. The monoisotopic (exact) mass is 464 g/mol. The number of nitrogens with one attached hydrogen (secondary N) is 1. The molecule has 1 fully saturated rings. The van der Waals surface area contributed by atoms with E-state index < -0.39 is 0 Å². The molecule has 0 bridgehead atoms. The average molecular weight is 465 g/mol. The number of benzene rings is 2. The molecule has 2 aromatic heterocycles. The summed E-state index contributed by atoms with van der Waals surface area (Å²) in [5, 5.41) is 3.64. The molecule has 8 heteroatoms. The van der Waals surface area contributed by atoms with Gasteiger partial charge in [0.15, 0.2) is 28.0 Å². The molecule has 5 rings (SSSR count). The number of aromatic nitrogens is 1. The van der Waals surface area contributed by atoms with Gasteiger partial charge in [0.25, 0.3) is 5.91 Å². The topological polar surface area (TPSA) is 82.8 Å². The van der Waals surface area contributed by atoms with Crippen molar-refractivity contribution >= 4 is 27.5 Å². The number of ether oxygens (including phenoxy) is 3. The maximum atomic E-state index is 12.6. The Morgan fingerprint density at radius 2 is 2.09 bits per heavy atom. The predicted molar refractivity (Wildman–Crippen MR) is 126 cm³/mol. The fraction of sp³-hybridized carbons (Fsp3) is 0.280. The number of furan rings is 1. The Morgan fingerprint density at radius 1 is 1.18 bits per heavy atom. The Kier molecular flexibility index (Phi) is 6.28. The maximum Gasteiger partial charge on any atom is 0.287 e. The summed E-state index contributed by atoms with van der Waals surface area (Å²) in [4.78, 5) is 17.2. The maximum absolute atomic E-state index is 12.6. The van der Waals surface area contributed by atoms with Crippen molar-refractivity contribution in [3.8, 4) is 22.3 Å². The third-order valence-corrected chi connectivity index (χ3v) is 6.52. The van der Waals surface area contributed by atoms with Crippen molar-refractivity contribution in [2.45, 2.75) is 25.5 Å². The Balaban J connectivity index is 1.21. The minimum Gasteiger partial charge on any atom is -0.493 e. The molecule has 1 atom stereocenters. The molecule has 1 unspecified atom stereocenters. The molecule has 0 saturated carbocycles. The predicted octanol–water partition coefficient (Wildman–Crippen LogP) is 5.05. The van der Waals surface area contributed by atoms with E-state index in [-0.39, 0.29) is 17.8 Å². The van der Waals surface area contributed by atoms with Crippen LogP contribution in [-0.2, 0) is 11.3 Å². The second kappa shape index (κ2) is 9.64. The lowest BCUT2D eigenvalue weighted by Gasteiger charge is -2.15.